The predicted molar refractivity (Wildman–Crippen MR) is 145 cm³/mol. The lowest BCUT2D eigenvalue weighted by molar-refractivity contribution is 0.0691. The lowest BCUT2D eigenvalue weighted by Gasteiger charge is -2.25. The van der Waals surface area contributed by atoms with Crippen LogP contribution in [0.5, 0.6) is 0 Å². The summed E-state index contributed by atoms with van der Waals surface area (Å²) < 4.78 is 15.2. The first-order valence-electron chi connectivity index (χ1n) is 12.0. The molecule has 4 aromatic rings. The Balaban J connectivity index is 1.61. The molecule has 0 fully saturated rings. The van der Waals surface area contributed by atoms with Gasteiger partial charge in [-0.15, -0.1) is 0 Å². The molecule has 0 aliphatic carbocycles. The van der Waals surface area contributed by atoms with E-state index in [9.17, 15) is 19.1 Å². The molecular weight excluding hydrogens is 532 g/mol. The maximum atomic E-state index is 13.9. The number of hydrogen-bond donors (Lipinski definition) is 2. The summed E-state index contributed by atoms with van der Waals surface area (Å²) in [6, 6.07) is 9.00. The maximum absolute atomic E-state index is 13.9. The zero-order valence-corrected chi connectivity index (χ0v) is 22.3. The highest BCUT2D eigenvalue weighted by Crippen LogP contribution is 2.39. The van der Waals surface area contributed by atoms with Gasteiger partial charge in [0.05, 0.1) is 22.8 Å². The Morgan fingerprint density at radius 2 is 2.00 bits per heavy atom. The van der Waals surface area contributed by atoms with Crippen molar-refractivity contribution in [1.82, 2.24) is 14.4 Å². The number of aryl methyl sites for hydroxylation is 1. The van der Waals surface area contributed by atoms with Gasteiger partial charge in [-0.1, -0.05) is 36.2 Å². The van der Waals surface area contributed by atoms with Gasteiger partial charge in [-0.05, 0) is 61.7 Å². The summed E-state index contributed by atoms with van der Waals surface area (Å²) in [5.74, 6) is -1.22. The highest BCUT2D eigenvalue weighted by atomic mass is 35.5. The second kappa shape index (κ2) is 9.89. The van der Waals surface area contributed by atoms with Crippen LogP contribution in [0, 0.1) is 5.82 Å². The highest BCUT2D eigenvalue weighted by Gasteiger charge is 2.31. The number of carbonyl (C=O) groups is 1. The fourth-order valence-electron chi connectivity index (χ4n) is 4.86. The van der Waals surface area contributed by atoms with Gasteiger partial charge >= 0.3 is 5.97 Å². The highest BCUT2D eigenvalue weighted by molar-refractivity contribution is 6.33. The van der Waals surface area contributed by atoms with E-state index >= 15 is 0 Å². The van der Waals surface area contributed by atoms with Crippen LogP contribution in [-0.2, 0) is 13.0 Å². The molecular formula is C27H24Cl2FN5O3. The Bertz CT molecular complexity index is 1660. The molecule has 0 unspecified atom stereocenters. The summed E-state index contributed by atoms with van der Waals surface area (Å²) in [5, 5.41) is 13.1. The van der Waals surface area contributed by atoms with Crippen LogP contribution in [0.3, 0.4) is 0 Å². The van der Waals surface area contributed by atoms with Gasteiger partial charge in [0.2, 0.25) is 0 Å². The molecule has 1 aliphatic rings. The van der Waals surface area contributed by atoms with Crippen molar-refractivity contribution in [1.29, 1.82) is 0 Å². The van der Waals surface area contributed by atoms with Crippen molar-refractivity contribution in [2.45, 2.75) is 45.8 Å². The molecule has 0 saturated heterocycles. The third kappa shape index (κ3) is 4.46. The summed E-state index contributed by atoms with van der Waals surface area (Å²) in [6.07, 6.45) is 2.03. The zero-order chi connectivity index (χ0) is 27.3. The van der Waals surface area contributed by atoms with E-state index in [1.807, 2.05) is 25.7 Å². The molecule has 2 N–H and O–H groups in total. The number of nitrogens with zero attached hydrogens (tertiary/aromatic N) is 4. The molecule has 38 heavy (non-hydrogen) atoms. The molecule has 2 atom stereocenters. The van der Waals surface area contributed by atoms with Crippen LogP contribution >= 0.6 is 23.2 Å². The van der Waals surface area contributed by atoms with Crippen LogP contribution < -0.4 is 15.8 Å². The standard InChI is InChI=1S/C27H24Cl2FN5O3/c1-4-18-6-8-21(23(32-18)27(37)38)31-13(2)20-10-16(28)12-35-24(20)33-25(22(29)26(35)36)34-11-15-9-17(30)5-7-19(15)14(34)3/h5-10,12-14,31H,4,11H2,1-3H3,(H,37,38)/t13-,14-/m1/s1. The van der Waals surface area contributed by atoms with Crippen LogP contribution in [0.2, 0.25) is 10.0 Å². The summed E-state index contributed by atoms with van der Waals surface area (Å²) in [5.41, 5.74) is 2.96. The maximum Gasteiger partial charge on any atom is 0.356 e. The van der Waals surface area contributed by atoms with Gasteiger partial charge in [-0.25, -0.2) is 19.2 Å². The molecule has 0 amide bonds. The lowest BCUT2D eigenvalue weighted by atomic mass is 10.1. The zero-order valence-electron chi connectivity index (χ0n) is 20.8. The first kappa shape index (κ1) is 25.9. The molecule has 0 bridgehead atoms. The Morgan fingerprint density at radius 3 is 2.71 bits per heavy atom. The largest absolute Gasteiger partial charge is 0.476 e. The van der Waals surface area contributed by atoms with Crippen LogP contribution in [0.4, 0.5) is 15.9 Å². The van der Waals surface area contributed by atoms with E-state index in [1.165, 1.54) is 22.7 Å². The van der Waals surface area contributed by atoms with E-state index in [-0.39, 0.29) is 33.4 Å². The Morgan fingerprint density at radius 1 is 1.24 bits per heavy atom. The van der Waals surface area contributed by atoms with E-state index < -0.39 is 17.6 Å². The van der Waals surface area contributed by atoms with Crippen molar-refractivity contribution in [3.8, 4) is 0 Å². The van der Waals surface area contributed by atoms with Gasteiger partial charge in [0.15, 0.2) is 11.5 Å². The predicted octanol–water partition coefficient (Wildman–Crippen LogP) is 6.05. The number of benzene rings is 1. The van der Waals surface area contributed by atoms with Gasteiger partial charge < -0.3 is 15.3 Å². The fraction of sp³-hybridized carbons (Fsp3) is 0.259. The van der Waals surface area contributed by atoms with Gasteiger partial charge in [0.25, 0.3) is 5.56 Å². The number of hydrogen-bond acceptors (Lipinski definition) is 6. The van der Waals surface area contributed by atoms with Crippen LogP contribution in [0.25, 0.3) is 5.65 Å². The quantitative estimate of drug-likeness (QED) is 0.298. The number of rotatable bonds is 6. The molecule has 1 aromatic carbocycles. The Kier molecular flexibility index (Phi) is 6.75. The SMILES string of the molecule is CCc1ccc(N[C@H](C)c2cc(Cl)cn3c(=O)c(Cl)c(N4Cc5cc(F)ccc5[C@H]4C)nc23)c(C(=O)O)n1. The molecule has 0 saturated carbocycles. The molecule has 196 valence electrons. The van der Waals surface area contributed by atoms with Crippen LogP contribution in [0.1, 0.15) is 65.7 Å². The smallest absolute Gasteiger partial charge is 0.356 e. The van der Waals surface area contributed by atoms with Crippen LogP contribution in [0.15, 0.2) is 47.4 Å². The summed E-state index contributed by atoms with van der Waals surface area (Å²) in [6.45, 7) is 5.98. The summed E-state index contributed by atoms with van der Waals surface area (Å²) >= 11 is 12.9. The molecule has 0 radical (unpaired) electrons. The molecule has 0 spiro atoms. The third-order valence-electron chi connectivity index (χ3n) is 6.84. The van der Waals surface area contributed by atoms with E-state index in [1.54, 1.807) is 24.3 Å². The van der Waals surface area contributed by atoms with Crippen molar-refractivity contribution in [2.75, 3.05) is 10.2 Å². The summed E-state index contributed by atoms with van der Waals surface area (Å²) in [4.78, 5) is 36.1. The second-order valence-electron chi connectivity index (χ2n) is 9.23. The number of halogens is 3. The number of fused-ring (bicyclic) bond motifs is 2. The molecule has 11 heteroatoms. The van der Waals surface area contributed by atoms with E-state index in [0.717, 1.165) is 11.1 Å². The fourth-order valence-corrected chi connectivity index (χ4v) is 5.32. The number of nitrogens with one attached hydrogen (secondary N) is 1. The van der Waals surface area contributed by atoms with Gasteiger partial charge in [0.1, 0.15) is 16.5 Å². The monoisotopic (exact) mass is 555 g/mol. The Hall–Kier alpha value is -3.69. The second-order valence-corrected chi connectivity index (χ2v) is 10.0. The van der Waals surface area contributed by atoms with Gasteiger partial charge in [-0.2, -0.15) is 0 Å². The van der Waals surface area contributed by atoms with Crippen molar-refractivity contribution in [3.05, 3.63) is 96.9 Å². The average Bonchev–Trinajstić information content (AvgIpc) is 3.21. The molecule has 5 rings (SSSR count). The van der Waals surface area contributed by atoms with Crippen molar-refractivity contribution in [3.63, 3.8) is 0 Å². The van der Waals surface area contributed by atoms with Gasteiger partial charge in [-0.3, -0.25) is 9.20 Å². The van der Waals surface area contributed by atoms with Crippen molar-refractivity contribution < 1.29 is 14.3 Å². The molecule has 3 aromatic heterocycles. The number of aromatic carboxylic acids is 1. The minimum atomic E-state index is -1.16. The van der Waals surface area contributed by atoms with E-state index in [4.69, 9.17) is 28.2 Å². The van der Waals surface area contributed by atoms with Crippen molar-refractivity contribution in [2.24, 2.45) is 0 Å². The number of carboxylic acids is 1. The Labute approximate surface area is 227 Å². The number of carboxylic acid groups (broad SMARTS) is 1. The minimum Gasteiger partial charge on any atom is -0.476 e. The first-order valence-corrected chi connectivity index (χ1v) is 12.8. The van der Waals surface area contributed by atoms with Gasteiger partial charge in [0, 0.05) is 24.0 Å². The minimum absolute atomic E-state index is 0.0797. The average molecular weight is 556 g/mol. The number of aromatic nitrogens is 3. The topological polar surface area (TPSA) is 99.8 Å². The number of anilines is 2. The third-order valence-corrected chi connectivity index (χ3v) is 7.38. The van der Waals surface area contributed by atoms with E-state index in [0.29, 0.717) is 35.6 Å². The lowest BCUT2D eigenvalue weighted by Crippen LogP contribution is -2.26. The molecule has 1 aliphatic heterocycles. The number of pyridine rings is 2. The van der Waals surface area contributed by atoms with Crippen molar-refractivity contribution >= 4 is 46.3 Å². The normalized spacial score (nSPS) is 15.5. The summed E-state index contributed by atoms with van der Waals surface area (Å²) in [7, 11) is 0. The molecule has 4 heterocycles. The van der Waals surface area contributed by atoms with Crippen LogP contribution in [-0.4, -0.2) is 25.4 Å². The molecule has 8 nitrogen and oxygen atoms in total. The first-order chi connectivity index (χ1) is 18.1. The van der Waals surface area contributed by atoms with E-state index in [2.05, 4.69) is 10.3 Å².